The van der Waals surface area contributed by atoms with Crippen molar-refractivity contribution in [2.24, 2.45) is 5.92 Å². The maximum Gasteiger partial charge on any atom is 0.249 e. The van der Waals surface area contributed by atoms with E-state index in [0.717, 1.165) is 11.1 Å². The number of hydrogen-bond donors (Lipinski definition) is 2. The molecular formula is C18H18FN5O. The van der Waals surface area contributed by atoms with Gasteiger partial charge in [0.05, 0.1) is 0 Å². The summed E-state index contributed by atoms with van der Waals surface area (Å²) in [6, 6.07) is 10.0. The number of carbonyl (C=O) groups excluding carboxylic acids is 1. The first-order valence-electron chi connectivity index (χ1n) is 7.97. The Bertz CT molecular complexity index is 849. The number of nitrogens with zero attached hydrogens (tertiary/aromatic N) is 3. The Morgan fingerprint density at radius 3 is 2.84 bits per heavy atom. The summed E-state index contributed by atoms with van der Waals surface area (Å²) < 4.78 is 13.2. The Kier molecular flexibility index (Phi) is 5.13. The molecule has 1 aromatic carbocycles. The highest BCUT2D eigenvalue weighted by Crippen LogP contribution is 2.16. The third kappa shape index (κ3) is 4.69. The molecule has 0 bridgehead atoms. The Morgan fingerprint density at radius 2 is 2.08 bits per heavy atom. The van der Waals surface area contributed by atoms with Gasteiger partial charge in [-0.2, -0.15) is 4.98 Å². The minimum absolute atomic E-state index is 0.0698. The highest BCUT2D eigenvalue weighted by molar-refractivity contribution is 5.89. The lowest BCUT2D eigenvalue weighted by Crippen LogP contribution is -2.17. The van der Waals surface area contributed by atoms with Crippen LogP contribution in [-0.2, 0) is 11.2 Å². The zero-order chi connectivity index (χ0) is 17.6. The number of carbonyl (C=O) groups is 1. The van der Waals surface area contributed by atoms with Gasteiger partial charge in [-0.05, 0) is 42.2 Å². The van der Waals surface area contributed by atoms with E-state index in [1.54, 1.807) is 30.6 Å². The second kappa shape index (κ2) is 7.65. The molecule has 1 atom stereocenters. The standard InChI is InChI=1S/C18H18FN5O/c1-12(9-13-3-2-4-15(19)11-13)10-16(25)21-18-22-17(23-24-18)14-5-7-20-8-6-14/h2-8,11-12H,9-10H2,1H3,(H2,21,22,23,24,25). The van der Waals surface area contributed by atoms with Crippen LogP contribution in [0, 0.1) is 11.7 Å². The van der Waals surface area contributed by atoms with E-state index < -0.39 is 0 Å². The second-order valence-corrected chi connectivity index (χ2v) is 5.94. The van der Waals surface area contributed by atoms with Crippen LogP contribution in [0.25, 0.3) is 11.4 Å². The molecule has 1 amide bonds. The van der Waals surface area contributed by atoms with Crippen molar-refractivity contribution < 1.29 is 9.18 Å². The van der Waals surface area contributed by atoms with Crippen LogP contribution in [0.1, 0.15) is 18.9 Å². The van der Waals surface area contributed by atoms with Crippen LogP contribution in [0.5, 0.6) is 0 Å². The fourth-order valence-corrected chi connectivity index (χ4v) is 2.59. The zero-order valence-corrected chi connectivity index (χ0v) is 13.7. The maximum atomic E-state index is 13.2. The van der Waals surface area contributed by atoms with Crippen molar-refractivity contribution in [1.82, 2.24) is 20.2 Å². The highest BCUT2D eigenvalue weighted by atomic mass is 19.1. The van der Waals surface area contributed by atoms with Crippen molar-refractivity contribution in [1.29, 1.82) is 0 Å². The van der Waals surface area contributed by atoms with Crippen LogP contribution in [0.3, 0.4) is 0 Å². The molecule has 0 saturated carbocycles. The quantitative estimate of drug-likeness (QED) is 0.722. The molecule has 2 N–H and O–H groups in total. The SMILES string of the molecule is CC(CC(=O)Nc1n[nH]c(-c2ccncc2)n1)Cc1cccc(F)c1. The van der Waals surface area contributed by atoms with Crippen LogP contribution in [0.2, 0.25) is 0 Å². The van der Waals surface area contributed by atoms with Crippen molar-refractivity contribution in [3.8, 4) is 11.4 Å². The van der Waals surface area contributed by atoms with Gasteiger partial charge in [-0.15, -0.1) is 5.10 Å². The molecule has 6 nitrogen and oxygen atoms in total. The highest BCUT2D eigenvalue weighted by Gasteiger charge is 2.13. The van der Waals surface area contributed by atoms with Crippen LogP contribution in [-0.4, -0.2) is 26.1 Å². The van der Waals surface area contributed by atoms with Gasteiger partial charge in [-0.3, -0.25) is 20.2 Å². The minimum atomic E-state index is -0.265. The van der Waals surface area contributed by atoms with E-state index in [-0.39, 0.29) is 23.6 Å². The van der Waals surface area contributed by atoms with Crippen LogP contribution < -0.4 is 5.32 Å². The number of aromatic nitrogens is 4. The first kappa shape index (κ1) is 16.8. The molecule has 3 rings (SSSR count). The normalized spacial score (nSPS) is 11.9. The van der Waals surface area contributed by atoms with E-state index in [1.165, 1.54) is 12.1 Å². The number of amides is 1. The summed E-state index contributed by atoms with van der Waals surface area (Å²) in [5.74, 6) is 0.420. The molecule has 0 aliphatic carbocycles. The van der Waals surface area contributed by atoms with E-state index in [4.69, 9.17) is 0 Å². The summed E-state index contributed by atoms with van der Waals surface area (Å²) in [5.41, 5.74) is 1.71. The number of benzene rings is 1. The van der Waals surface area contributed by atoms with Gasteiger partial charge in [-0.25, -0.2) is 4.39 Å². The lowest BCUT2D eigenvalue weighted by atomic mass is 9.98. The molecule has 0 radical (unpaired) electrons. The van der Waals surface area contributed by atoms with Gasteiger partial charge in [0.1, 0.15) is 5.82 Å². The van der Waals surface area contributed by atoms with Gasteiger partial charge in [0.15, 0.2) is 5.82 Å². The predicted molar refractivity (Wildman–Crippen MR) is 92.1 cm³/mol. The van der Waals surface area contributed by atoms with E-state index >= 15 is 0 Å². The molecule has 0 aliphatic heterocycles. The molecule has 7 heteroatoms. The molecule has 0 fully saturated rings. The molecule has 0 saturated heterocycles. The Morgan fingerprint density at radius 1 is 1.28 bits per heavy atom. The maximum absolute atomic E-state index is 13.2. The Balaban J connectivity index is 1.55. The minimum Gasteiger partial charge on any atom is -0.293 e. The van der Waals surface area contributed by atoms with Crippen LogP contribution in [0.15, 0.2) is 48.8 Å². The largest absolute Gasteiger partial charge is 0.293 e. The Hall–Kier alpha value is -3.09. The van der Waals surface area contributed by atoms with Crippen molar-refractivity contribution >= 4 is 11.9 Å². The lowest BCUT2D eigenvalue weighted by Gasteiger charge is -2.10. The number of hydrogen-bond acceptors (Lipinski definition) is 4. The smallest absolute Gasteiger partial charge is 0.249 e. The van der Waals surface area contributed by atoms with Crippen molar-refractivity contribution in [3.63, 3.8) is 0 Å². The molecule has 128 valence electrons. The molecule has 25 heavy (non-hydrogen) atoms. The van der Waals surface area contributed by atoms with E-state index in [1.807, 2.05) is 13.0 Å². The zero-order valence-electron chi connectivity index (χ0n) is 13.7. The molecule has 2 heterocycles. The average Bonchev–Trinajstić information content (AvgIpc) is 3.03. The Labute approximate surface area is 144 Å². The molecular weight excluding hydrogens is 321 g/mol. The molecule has 3 aromatic rings. The van der Waals surface area contributed by atoms with Crippen molar-refractivity contribution in [2.75, 3.05) is 5.32 Å². The number of anilines is 1. The fourth-order valence-electron chi connectivity index (χ4n) is 2.59. The molecule has 0 aliphatic rings. The van der Waals surface area contributed by atoms with Gasteiger partial charge in [0.25, 0.3) is 0 Å². The molecule has 0 spiro atoms. The first-order valence-corrected chi connectivity index (χ1v) is 7.97. The van der Waals surface area contributed by atoms with Gasteiger partial charge < -0.3 is 0 Å². The van der Waals surface area contributed by atoms with Gasteiger partial charge in [0, 0.05) is 24.4 Å². The summed E-state index contributed by atoms with van der Waals surface area (Å²) >= 11 is 0. The third-order valence-corrected chi connectivity index (χ3v) is 3.70. The second-order valence-electron chi connectivity index (χ2n) is 5.94. The summed E-state index contributed by atoms with van der Waals surface area (Å²) in [6.45, 7) is 1.95. The molecule has 2 aromatic heterocycles. The molecule has 1 unspecified atom stereocenters. The number of nitrogens with one attached hydrogen (secondary N) is 2. The van der Waals surface area contributed by atoms with Gasteiger partial charge in [-0.1, -0.05) is 19.1 Å². The van der Waals surface area contributed by atoms with E-state index in [9.17, 15) is 9.18 Å². The fraction of sp³-hybridized carbons (Fsp3) is 0.222. The van der Waals surface area contributed by atoms with E-state index in [0.29, 0.717) is 18.7 Å². The van der Waals surface area contributed by atoms with Crippen LogP contribution in [0.4, 0.5) is 10.3 Å². The number of halogens is 1. The monoisotopic (exact) mass is 339 g/mol. The van der Waals surface area contributed by atoms with Gasteiger partial charge >= 0.3 is 0 Å². The van der Waals surface area contributed by atoms with Crippen molar-refractivity contribution in [2.45, 2.75) is 19.8 Å². The number of aromatic amines is 1. The third-order valence-electron chi connectivity index (χ3n) is 3.70. The van der Waals surface area contributed by atoms with Gasteiger partial charge in [0.2, 0.25) is 11.9 Å². The first-order chi connectivity index (χ1) is 12.1. The predicted octanol–water partition coefficient (Wildman–Crippen LogP) is 3.21. The topological polar surface area (TPSA) is 83.6 Å². The summed E-state index contributed by atoms with van der Waals surface area (Å²) in [4.78, 5) is 20.3. The number of pyridine rings is 1. The van der Waals surface area contributed by atoms with Crippen LogP contribution >= 0.6 is 0 Å². The number of rotatable bonds is 6. The number of H-pyrrole nitrogens is 1. The lowest BCUT2D eigenvalue weighted by molar-refractivity contribution is -0.117. The van der Waals surface area contributed by atoms with E-state index in [2.05, 4.69) is 25.5 Å². The average molecular weight is 339 g/mol. The summed E-state index contributed by atoms with van der Waals surface area (Å²) in [6.07, 6.45) is 4.24. The van der Waals surface area contributed by atoms with Crippen molar-refractivity contribution in [3.05, 3.63) is 60.2 Å². The summed E-state index contributed by atoms with van der Waals surface area (Å²) in [7, 11) is 0. The summed E-state index contributed by atoms with van der Waals surface area (Å²) in [5, 5.41) is 9.46.